The summed E-state index contributed by atoms with van der Waals surface area (Å²) in [6.07, 6.45) is 0.157. The van der Waals surface area contributed by atoms with E-state index in [1.54, 1.807) is 12.1 Å². The summed E-state index contributed by atoms with van der Waals surface area (Å²) >= 11 is 0. The SMILES string of the molecule is CCCCCCOc1ccc(-c2ccc3c(F)c(CCc4ccc(OC(F)(F)F)c(F)c4)ccc3c2)cc1. The number of fused-ring (bicyclic) bond motifs is 1. The molecule has 0 unspecified atom stereocenters. The third-order valence-electron chi connectivity index (χ3n) is 6.39. The molecule has 4 aromatic carbocycles. The Kier molecular flexibility index (Phi) is 8.87. The average Bonchev–Trinajstić information content (AvgIpc) is 2.89. The zero-order valence-electron chi connectivity index (χ0n) is 21.1. The standard InChI is InChI=1S/C31H29F5O2/c1-2-3-4-5-18-37-26-14-11-22(12-15-26)24-13-16-27-25(20-24)10-9-23(30(27)33)8-6-21-7-17-29(28(32)19-21)38-31(34,35)36/h7,9-17,19-20H,2-6,8,18H2,1H3. The van der Waals surface area contributed by atoms with E-state index in [2.05, 4.69) is 11.7 Å². The number of benzene rings is 4. The van der Waals surface area contributed by atoms with Crippen LogP contribution in [0, 0.1) is 11.6 Å². The molecule has 0 saturated heterocycles. The van der Waals surface area contributed by atoms with Crippen molar-refractivity contribution in [3.63, 3.8) is 0 Å². The minimum Gasteiger partial charge on any atom is -0.494 e. The topological polar surface area (TPSA) is 18.5 Å². The van der Waals surface area contributed by atoms with Crippen LogP contribution in [0.15, 0.2) is 72.8 Å². The fourth-order valence-corrected chi connectivity index (χ4v) is 4.36. The van der Waals surface area contributed by atoms with Crippen molar-refractivity contribution >= 4 is 10.8 Å². The van der Waals surface area contributed by atoms with Gasteiger partial charge >= 0.3 is 6.36 Å². The monoisotopic (exact) mass is 528 g/mol. The number of unbranched alkanes of at least 4 members (excludes halogenated alkanes) is 3. The molecule has 0 aliphatic carbocycles. The van der Waals surface area contributed by atoms with E-state index in [0.29, 0.717) is 23.1 Å². The van der Waals surface area contributed by atoms with Gasteiger partial charge < -0.3 is 9.47 Å². The van der Waals surface area contributed by atoms with Gasteiger partial charge in [-0.25, -0.2) is 8.78 Å². The van der Waals surface area contributed by atoms with Crippen LogP contribution < -0.4 is 9.47 Å². The van der Waals surface area contributed by atoms with Crippen molar-refractivity contribution in [2.24, 2.45) is 0 Å². The van der Waals surface area contributed by atoms with Crippen LogP contribution in [-0.2, 0) is 12.8 Å². The molecule has 0 fully saturated rings. The molecule has 0 aliphatic rings. The summed E-state index contributed by atoms with van der Waals surface area (Å²) in [7, 11) is 0. The zero-order chi connectivity index (χ0) is 27.1. The van der Waals surface area contributed by atoms with Gasteiger partial charge in [0.25, 0.3) is 0 Å². The number of hydrogen-bond acceptors (Lipinski definition) is 2. The number of ether oxygens (including phenoxy) is 2. The molecule has 0 saturated carbocycles. The molecule has 0 N–H and O–H groups in total. The maximum atomic E-state index is 15.2. The smallest absolute Gasteiger partial charge is 0.494 e. The summed E-state index contributed by atoms with van der Waals surface area (Å²) < 4.78 is 75.7. The van der Waals surface area contributed by atoms with Crippen LogP contribution in [0.4, 0.5) is 22.0 Å². The van der Waals surface area contributed by atoms with Gasteiger partial charge in [0.1, 0.15) is 11.6 Å². The van der Waals surface area contributed by atoms with E-state index < -0.39 is 17.9 Å². The quantitative estimate of drug-likeness (QED) is 0.143. The first-order valence-electron chi connectivity index (χ1n) is 12.7. The zero-order valence-corrected chi connectivity index (χ0v) is 21.1. The first-order chi connectivity index (χ1) is 18.2. The maximum absolute atomic E-state index is 15.2. The van der Waals surface area contributed by atoms with Gasteiger partial charge in [0.2, 0.25) is 0 Å². The number of hydrogen-bond donors (Lipinski definition) is 0. The summed E-state index contributed by atoms with van der Waals surface area (Å²) in [5.41, 5.74) is 2.84. The minimum absolute atomic E-state index is 0.261. The molecular formula is C31H29F5O2. The second kappa shape index (κ2) is 12.3. The van der Waals surface area contributed by atoms with Crippen molar-refractivity contribution < 1.29 is 31.4 Å². The number of alkyl halides is 3. The van der Waals surface area contributed by atoms with Crippen molar-refractivity contribution in [3.8, 4) is 22.6 Å². The molecule has 0 aromatic heterocycles. The van der Waals surface area contributed by atoms with Crippen LogP contribution in [0.2, 0.25) is 0 Å². The Hall–Kier alpha value is -3.61. The summed E-state index contributed by atoms with van der Waals surface area (Å²) in [6, 6.07) is 20.2. The predicted molar refractivity (Wildman–Crippen MR) is 139 cm³/mol. The van der Waals surface area contributed by atoms with Crippen LogP contribution in [0.25, 0.3) is 21.9 Å². The average molecular weight is 529 g/mol. The van der Waals surface area contributed by atoms with E-state index >= 15 is 4.39 Å². The van der Waals surface area contributed by atoms with E-state index in [9.17, 15) is 17.6 Å². The van der Waals surface area contributed by atoms with E-state index in [1.807, 2.05) is 42.5 Å². The Morgan fingerprint density at radius 1 is 0.737 bits per heavy atom. The van der Waals surface area contributed by atoms with Crippen LogP contribution >= 0.6 is 0 Å². The first-order valence-corrected chi connectivity index (χ1v) is 12.7. The van der Waals surface area contributed by atoms with Gasteiger partial charge in [0, 0.05) is 5.39 Å². The van der Waals surface area contributed by atoms with E-state index in [4.69, 9.17) is 4.74 Å². The van der Waals surface area contributed by atoms with Crippen molar-refractivity contribution in [1.29, 1.82) is 0 Å². The highest BCUT2D eigenvalue weighted by atomic mass is 19.4. The molecule has 4 rings (SSSR count). The van der Waals surface area contributed by atoms with Crippen LogP contribution in [-0.4, -0.2) is 13.0 Å². The maximum Gasteiger partial charge on any atom is 0.573 e. The molecule has 0 spiro atoms. The molecule has 0 aliphatic heterocycles. The second-order valence-electron chi connectivity index (χ2n) is 9.22. The molecule has 38 heavy (non-hydrogen) atoms. The molecule has 0 amide bonds. The molecule has 4 aromatic rings. The van der Waals surface area contributed by atoms with Crippen molar-refractivity contribution in [2.45, 2.75) is 51.8 Å². The van der Waals surface area contributed by atoms with E-state index in [-0.39, 0.29) is 18.7 Å². The molecule has 0 atom stereocenters. The predicted octanol–water partition coefficient (Wildman–Crippen LogP) is 9.43. The molecule has 0 heterocycles. The minimum atomic E-state index is -4.97. The van der Waals surface area contributed by atoms with Gasteiger partial charge in [-0.05, 0) is 77.2 Å². The fraction of sp³-hybridized carbons (Fsp3) is 0.290. The Bertz CT molecular complexity index is 1360. The fourth-order valence-electron chi connectivity index (χ4n) is 4.36. The van der Waals surface area contributed by atoms with Gasteiger partial charge in [-0.15, -0.1) is 13.2 Å². The van der Waals surface area contributed by atoms with Gasteiger partial charge in [0.15, 0.2) is 11.6 Å². The number of halogens is 5. The molecular weight excluding hydrogens is 499 g/mol. The second-order valence-corrected chi connectivity index (χ2v) is 9.22. The lowest BCUT2D eigenvalue weighted by molar-refractivity contribution is -0.275. The van der Waals surface area contributed by atoms with Gasteiger partial charge in [-0.2, -0.15) is 0 Å². The molecule has 0 bridgehead atoms. The number of rotatable bonds is 11. The normalized spacial score (nSPS) is 11.6. The lowest BCUT2D eigenvalue weighted by Crippen LogP contribution is -2.18. The Morgan fingerprint density at radius 3 is 2.21 bits per heavy atom. The third kappa shape index (κ3) is 7.24. The van der Waals surface area contributed by atoms with E-state index in [1.165, 1.54) is 18.9 Å². The van der Waals surface area contributed by atoms with Crippen LogP contribution in [0.3, 0.4) is 0 Å². The molecule has 0 radical (unpaired) electrons. The summed E-state index contributed by atoms with van der Waals surface area (Å²) in [4.78, 5) is 0. The highest BCUT2D eigenvalue weighted by Crippen LogP contribution is 2.30. The van der Waals surface area contributed by atoms with Crippen molar-refractivity contribution in [1.82, 2.24) is 0 Å². The van der Waals surface area contributed by atoms with Crippen LogP contribution in [0.1, 0.15) is 43.7 Å². The third-order valence-corrected chi connectivity index (χ3v) is 6.39. The molecule has 2 nitrogen and oxygen atoms in total. The van der Waals surface area contributed by atoms with Gasteiger partial charge in [-0.3, -0.25) is 0 Å². The van der Waals surface area contributed by atoms with E-state index in [0.717, 1.165) is 47.2 Å². The number of aryl methyl sites for hydroxylation is 2. The molecule has 200 valence electrons. The Labute approximate surface area is 219 Å². The summed E-state index contributed by atoms with van der Waals surface area (Å²) in [5, 5.41) is 1.22. The van der Waals surface area contributed by atoms with Crippen molar-refractivity contribution in [2.75, 3.05) is 6.61 Å². The van der Waals surface area contributed by atoms with Crippen LogP contribution in [0.5, 0.6) is 11.5 Å². The highest BCUT2D eigenvalue weighted by Gasteiger charge is 2.32. The largest absolute Gasteiger partial charge is 0.573 e. The first kappa shape index (κ1) is 27.4. The highest BCUT2D eigenvalue weighted by molar-refractivity contribution is 5.88. The summed E-state index contributed by atoms with van der Waals surface area (Å²) in [6.45, 7) is 2.87. The Morgan fingerprint density at radius 2 is 1.50 bits per heavy atom. The summed E-state index contributed by atoms with van der Waals surface area (Å²) in [5.74, 6) is -1.54. The lowest BCUT2D eigenvalue weighted by atomic mass is 9.97. The van der Waals surface area contributed by atoms with Gasteiger partial charge in [-0.1, -0.05) is 68.7 Å². The Balaban J connectivity index is 1.41. The lowest BCUT2D eigenvalue weighted by Gasteiger charge is -2.11. The van der Waals surface area contributed by atoms with Gasteiger partial charge in [0.05, 0.1) is 6.61 Å². The van der Waals surface area contributed by atoms with Crippen molar-refractivity contribution in [3.05, 3.63) is 95.6 Å². The molecule has 7 heteroatoms.